The van der Waals surface area contributed by atoms with Crippen LogP contribution in [0.2, 0.25) is 0 Å². The van der Waals surface area contributed by atoms with Crippen molar-refractivity contribution in [3.05, 3.63) is 64.9 Å². The number of nitrogens with one attached hydrogen (secondary N) is 1. The van der Waals surface area contributed by atoms with E-state index in [9.17, 15) is 4.79 Å². The van der Waals surface area contributed by atoms with E-state index >= 15 is 0 Å². The molecule has 1 atom stereocenters. The van der Waals surface area contributed by atoms with Crippen LogP contribution in [0.4, 0.5) is 0 Å². The van der Waals surface area contributed by atoms with E-state index in [2.05, 4.69) is 5.32 Å². The second-order valence-electron chi connectivity index (χ2n) is 6.26. The van der Waals surface area contributed by atoms with Gasteiger partial charge in [-0.2, -0.15) is 0 Å². The van der Waals surface area contributed by atoms with Crippen molar-refractivity contribution >= 4 is 16.9 Å². The highest BCUT2D eigenvalue weighted by molar-refractivity contribution is 5.99. The minimum absolute atomic E-state index is 0.0762. The first-order valence-electron chi connectivity index (χ1n) is 8.48. The van der Waals surface area contributed by atoms with Crippen LogP contribution >= 0.6 is 0 Å². The fourth-order valence-electron chi connectivity index (χ4n) is 3.03. The molecule has 0 saturated heterocycles. The van der Waals surface area contributed by atoms with Gasteiger partial charge in [-0.25, -0.2) is 0 Å². The van der Waals surface area contributed by atoms with Gasteiger partial charge in [-0.1, -0.05) is 30.7 Å². The molecule has 0 aliphatic rings. The second-order valence-corrected chi connectivity index (χ2v) is 6.26. The molecular formula is C21H23NO3. The molecule has 1 unspecified atom stereocenters. The van der Waals surface area contributed by atoms with Gasteiger partial charge in [0.1, 0.15) is 11.3 Å². The lowest BCUT2D eigenvalue weighted by atomic mass is 10.0. The Morgan fingerprint density at radius 2 is 1.88 bits per heavy atom. The highest BCUT2D eigenvalue weighted by atomic mass is 16.5. The lowest BCUT2D eigenvalue weighted by Gasteiger charge is -2.17. The molecule has 0 saturated carbocycles. The quantitative estimate of drug-likeness (QED) is 0.717. The number of methoxy groups -OCH3 is 1. The van der Waals surface area contributed by atoms with Gasteiger partial charge >= 0.3 is 0 Å². The van der Waals surface area contributed by atoms with E-state index in [-0.39, 0.29) is 11.9 Å². The molecule has 1 N–H and O–H groups in total. The van der Waals surface area contributed by atoms with Crippen molar-refractivity contribution < 1.29 is 13.9 Å². The van der Waals surface area contributed by atoms with Crippen molar-refractivity contribution in [3.8, 4) is 5.75 Å². The maximum atomic E-state index is 12.8. The van der Waals surface area contributed by atoms with Crippen LogP contribution in [0.1, 0.15) is 46.6 Å². The predicted octanol–water partition coefficient (Wildman–Crippen LogP) is 4.94. The van der Waals surface area contributed by atoms with Gasteiger partial charge in [0.2, 0.25) is 0 Å². The Morgan fingerprint density at radius 3 is 2.52 bits per heavy atom. The van der Waals surface area contributed by atoms with Gasteiger partial charge in [-0.15, -0.1) is 0 Å². The zero-order valence-corrected chi connectivity index (χ0v) is 15.1. The van der Waals surface area contributed by atoms with E-state index < -0.39 is 0 Å². The van der Waals surface area contributed by atoms with Crippen molar-refractivity contribution in [2.75, 3.05) is 7.11 Å². The fraction of sp³-hybridized carbons (Fsp3) is 0.286. The summed E-state index contributed by atoms with van der Waals surface area (Å²) in [5, 5.41) is 4.07. The summed E-state index contributed by atoms with van der Waals surface area (Å²) < 4.78 is 11.0. The lowest BCUT2D eigenvalue weighted by Crippen LogP contribution is -2.28. The Hall–Kier alpha value is -2.75. The first kappa shape index (κ1) is 17.1. The lowest BCUT2D eigenvalue weighted by molar-refractivity contribution is 0.0909. The Bertz CT molecular complexity index is 893. The molecule has 25 heavy (non-hydrogen) atoms. The molecule has 0 bridgehead atoms. The number of carbonyl (C=O) groups is 1. The third kappa shape index (κ3) is 3.38. The molecule has 1 aromatic heterocycles. The molecule has 0 radical (unpaired) electrons. The number of amides is 1. The smallest absolute Gasteiger partial charge is 0.287 e. The molecule has 0 fully saturated rings. The molecule has 0 aliphatic carbocycles. The zero-order chi connectivity index (χ0) is 18.0. The number of furan rings is 1. The summed E-state index contributed by atoms with van der Waals surface area (Å²) in [4.78, 5) is 12.8. The standard InChI is InChI=1S/C21H23NO3/c1-5-18(15-7-9-16(24-4)10-8-15)22-21(23)20-14(3)17-12-13(2)6-11-19(17)25-20/h6-12,18H,5H2,1-4H3,(H,22,23). The molecule has 4 nitrogen and oxygen atoms in total. The van der Waals surface area contributed by atoms with Crippen LogP contribution < -0.4 is 10.1 Å². The molecule has 3 aromatic rings. The van der Waals surface area contributed by atoms with Gasteiger partial charge in [-0.05, 0) is 50.1 Å². The van der Waals surface area contributed by atoms with E-state index in [1.165, 1.54) is 0 Å². The van der Waals surface area contributed by atoms with Crippen LogP contribution in [0.5, 0.6) is 5.75 Å². The van der Waals surface area contributed by atoms with Gasteiger partial charge in [0.05, 0.1) is 13.2 Å². The summed E-state index contributed by atoms with van der Waals surface area (Å²) in [6.07, 6.45) is 0.788. The minimum Gasteiger partial charge on any atom is -0.497 e. The molecule has 1 heterocycles. The van der Waals surface area contributed by atoms with Gasteiger partial charge in [0.25, 0.3) is 5.91 Å². The van der Waals surface area contributed by atoms with Crippen molar-refractivity contribution in [1.82, 2.24) is 5.32 Å². The van der Waals surface area contributed by atoms with Gasteiger partial charge in [-0.3, -0.25) is 4.79 Å². The third-order valence-electron chi connectivity index (χ3n) is 4.53. The Kier molecular flexibility index (Phi) is 4.79. The van der Waals surface area contributed by atoms with Crippen LogP contribution in [0.25, 0.3) is 11.0 Å². The molecular weight excluding hydrogens is 314 g/mol. The predicted molar refractivity (Wildman–Crippen MR) is 99.2 cm³/mol. The van der Waals surface area contributed by atoms with Crippen LogP contribution in [-0.4, -0.2) is 13.0 Å². The molecule has 3 rings (SSSR count). The average molecular weight is 337 g/mol. The van der Waals surface area contributed by atoms with Gasteiger partial charge in [0.15, 0.2) is 5.76 Å². The topological polar surface area (TPSA) is 51.5 Å². The number of aryl methyl sites for hydroxylation is 2. The summed E-state index contributed by atoms with van der Waals surface area (Å²) in [6.45, 7) is 6.00. The van der Waals surface area contributed by atoms with Crippen LogP contribution in [0, 0.1) is 13.8 Å². The number of carbonyl (C=O) groups excluding carboxylic acids is 1. The first-order valence-corrected chi connectivity index (χ1v) is 8.48. The maximum absolute atomic E-state index is 12.8. The summed E-state index contributed by atoms with van der Waals surface area (Å²) in [6, 6.07) is 13.6. The molecule has 0 spiro atoms. The first-order chi connectivity index (χ1) is 12.0. The van der Waals surface area contributed by atoms with E-state index in [0.29, 0.717) is 5.76 Å². The molecule has 4 heteroatoms. The Morgan fingerprint density at radius 1 is 1.16 bits per heavy atom. The van der Waals surface area contributed by atoms with E-state index in [0.717, 1.165) is 39.8 Å². The van der Waals surface area contributed by atoms with Crippen molar-refractivity contribution in [3.63, 3.8) is 0 Å². The van der Waals surface area contributed by atoms with E-state index in [4.69, 9.17) is 9.15 Å². The summed E-state index contributed by atoms with van der Waals surface area (Å²) in [7, 11) is 1.64. The number of fused-ring (bicyclic) bond motifs is 1. The third-order valence-corrected chi connectivity index (χ3v) is 4.53. The second kappa shape index (κ2) is 7.01. The van der Waals surface area contributed by atoms with Crippen LogP contribution in [0.3, 0.4) is 0 Å². The number of hydrogen-bond donors (Lipinski definition) is 1. The Balaban J connectivity index is 1.85. The highest BCUT2D eigenvalue weighted by Crippen LogP contribution is 2.27. The zero-order valence-electron chi connectivity index (χ0n) is 15.1. The minimum atomic E-state index is -0.186. The van der Waals surface area contributed by atoms with Crippen LogP contribution in [0.15, 0.2) is 46.9 Å². The number of benzene rings is 2. The average Bonchev–Trinajstić information content (AvgIpc) is 2.96. The monoisotopic (exact) mass is 337 g/mol. The Labute approximate surface area is 147 Å². The van der Waals surface area contributed by atoms with Crippen molar-refractivity contribution in [2.24, 2.45) is 0 Å². The molecule has 2 aromatic carbocycles. The van der Waals surface area contributed by atoms with Crippen LogP contribution in [-0.2, 0) is 0 Å². The van der Waals surface area contributed by atoms with Crippen molar-refractivity contribution in [2.45, 2.75) is 33.2 Å². The fourth-order valence-corrected chi connectivity index (χ4v) is 3.03. The molecule has 1 amide bonds. The molecule has 0 aliphatic heterocycles. The summed E-state index contributed by atoms with van der Waals surface area (Å²) in [5.41, 5.74) is 3.81. The number of hydrogen-bond acceptors (Lipinski definition) is 3. The van der Waals surface area contributed by atoms with E-state index in [1.807, 2.05) is 63.2 Å². The number of ether oxygens (including phenoxy) is 1. The molecule has 130 valence electrons. The highest BCUT2D eigenvalue weighted by Gasteiger charge is 2.21. The summed E-state index contributed by atoms with van der Waals surface area (Å²) in [5.74, 6) is 0.995. The van der Waals surface area contributed by atoms with Gasteiger partial charge < -0.3 is 14.5 Å². The maximum Gasteiger partial charge on any atom is 0.287 e. The number of rotatable bonds is 5. The SMILES string of the molecule is CCC(NC(=O)c1oc2ccc(C)cc2c1C)c1ccc(OC)cc1. The largest absolute Gasteiger partial charge is 0.497 e. The summed E-state index contributed by atoms with van der Waals surface area (Å²) >= 11 is 0. The van der Waals surface area contributed by atoms with E-state index in [1.54, 1.807) is 7.11 Å². The van der Waals surface area contributed by atoms with Gasteiger partial charge in [0, 0.05) is 10.9 Å². The normalized spacial score (nSPS) is 12.2. The van der Waals surface area contributed by atoms with Crippen molar-refractivity contribution in [1.29, 1.82) is 0 Å².